The van der Waals surface area contributed by atoms with Crippen molar-refractivity contribution in [2.24, 2.45) is 5.18 Å². The number of nitrogen functional groups attached to an aromatic ring is 2. The molecule has 9 heteroatoms. The summed E-state index contributed by atoms with van der Waals surface area (Å²) in [6, 6.07) is 5.67. The molecule has 0 aliphatic heterocycles. The van der Waals surface area contributed by atoms with E-state index in [-0.39, 0.29) is 23.3 Å². The Bertz CT molecular complexity index is 684. The minimum atomic E-state index is -0.143. The van der Waals surface area contributed by atoms with Crippen LogP contribution in [0.2, 0.25) is 0 Å². The molecule has 1 aromatic heterocycles. The quantitative estimate of drug-likeness (QED) is 0.656. The second-order valence-electron chi connectivity index (χ2n) is 4.62. The Morgan fingerprint density at radius 2 is 1.78 bits per heavy atom. The molecule has 0 atom stereocenters. The van der Waals surface area contributed by atoms with Gasteiger partial charge in [0.15, 0.2) is 28.8 Å². The number of anilines is 3. The fourth-order valence-corrected chi connectivity index (χ4v) is 2.02. The molecular formula is C14H18N6O3. The van der Waals surface area contributed by atoms with Crippen molar-refractivity contribution in [2.45, 2.75) is 6.42 Å². The summed E-state index contributed by atoms with van der Waals surface area (Å²) in [5.74, 6) is 1.47. The molecule has 23 heavy (non-hydrogen) atoms. The Kier molecular flexibility index (Phi) is 5.13. The fourth-order valence-electron chi connectivity index (χ4n) is 2.02. The van der Waals surface area contributed by atoms with Crippen LogP contribution in [0.5, 0.6) is 11.5 Å². The molecule has 1 heterocycles. The van der Waals surface area contributed by atoms with Crippen molar-refractivity contribution in [1.82, 2.24) is 9.97 Å². The molecule has 0 unspecified atom stereocenters. The van der Waals surface area contributed by atoms with E-state index >= 15 is 0 Å². The summed E-state index contributed by atoms with van der Waals surface area (Å²) in [6.07, 6.45) is 0.692. The fraction of sp³-hybridized carbons (Fsp3) is 0.286. The number of benzene rings is 1. The third-order valence-corrected chi connectivity index (χ3v) is 3.17. The number of methoxy groups -OCH3 is 2. The summed E-state index contributed by atoms with van der Waals surface area (Å²) >= 11 is 0. The van der Waals surface area contributed by atoms with E-state index in [0.717, 1.165) is 5.56 Å². The lowest BCUT2D eigenvalue weighted by molar-refractivity contribution is 0.354. The van der Waals surface area contributed by atoms with Crippen molar-refractivity contribution >= 4 is 23.3 Å². The number of nitrogens with two attached hydrogens (primary N) is 2. The van der Waals surface area contributed by atoms with E-state index < -0.39 is 0 Å². The highest BCUT2D eigenvalue weighted by Gasteiger charge is 2.10. The summed E-state index contributed by atoms with van der Waals surface area (Å²) in [4.78, 5) is 18.4. The van der Waals surface area contributed by atoms with Crippen molar-refractivity contribution < 1.29 is 9.47 Å². The molecule has 0 aliphatic carbocycles. The van der Waals surface area contributed by atoms with Gasteiger partial charge in [0, 0.05) is 6.54 Å². The van der Waals surface area contributed by atoms with Gasteiger partial charge in [-0.2, -0.15) is 9.97 Å². The number of ether oxygens (including phenoxy) is 2. The van der Waals surface area contributed by atoms with Crippen molar-refractivity contribution in [3.05, 3.63) is 28.7 Å². The molecule has 2 aromatic rings. The van der Waals surface area contributed by atoms with Gasteiger partial charge in [-0.3, -0.25) is 0 Å². The number of rotatable bonds is 7. The number of nitrogens with one attached hydrogen (secondary N) is 1. The lowest BCUT2D eigenvalue weighted by Gasteiger charge is -2.10. The number of nitrogens with zero attached hydrogens (tertiary/aromatic N) is 3. The molecule has 0 fully saturated rings. The van der Waals surface area contributed by atoms with Gasteiger partial charge < -0.3 is 26.3 Å². The van der Waals surface area contributed by atoms with Gasteiger partial charge in [0.25, 0.3) is 0 Å². The monoisotopic (exact) mass is 318 g/mol. The van der Waals surface area contributed by atoms with Crippen molar-refractivity contribution in [3.8, 4) is 11.5 Å². The molecule has 0 amide bonds. The lowest BCUT2D eigenvalue weighted by atomic mass is 10.1. The van der Waals surface area contributed by atoms with Crippen LogP contribution in [0, 0.1) is 4.91 Å². The average molecular weight is 318 g/mol. The number of nitroso groups, excluding NO2 is 1. The Morgan fingerprint density at radius 1 is 1.13 bits per heavy atom. The lowest BCUT2D eigenvalue weighted by Crippen LogP contribution is -2.10. The second-order valence-corrected chi connectivity index (χ2v) is 4.62. The first-order chi connectivity index (χ1) is 11.1. The zero-order chi connectivity index (χ0) is 16.8. The highest BCUT2D eigenvalue weighted by Crippen LogP contribution is 2.28. The first-order valence-corrected chi connectivity index (χ1v) is 6.80. The molecule has 9 nitrogen and oxygen atoms in total. The van der Waals surface area contributed by atoms with Crippen molar-refractivity contribution in [1.29, 1.82) is 0 Å². The van der Waals surface area contributed by atoms with Crippen LogP contribution >= 0.6 is 0 Å². The zero-order valence-corrected chi connectivity index (χ0v) is 12.9. The van der Waals surface area contributed by atoms with Crippen molar-refractivity contribution in [3.63, 3.8) is 0 Å². The maximum atomic E-state index is 10.5. The van der Waals surface area contributed by atoms with Gasteiger partial charge in [-0.25, -0.2) is 0 Å². The van der Waals surface area contributed by atoms with E-state index in [2.05, 4.69) is 20.5 Å². The molecule has 1 aromatic carbocycles. The van der Waals surface area contributed by atoms with Gasteiger partial charge in [-0.05, 0) is 29.3 Å². The van der Waals surface area contributed by atoms with Gasteiger partial charge in [0.05, 0.1) is 14.2 Å². The average Bonchev–Trinajstić information content (AvgIpc) is 2.54. The minimum absolute atomic E-state index is 0.0545. The normalized spacial score (nSPS) is 10.2. The van der Waals surface area contributed by atoms with Gasteiger partial charge in [0.1, 0.15) is 0 Å². The third kappa shape index (κ3) is 3.76. The van der Waals surface area contributed by atoms with Gasteiger partial charge in [0.2, 0.25) is 5.95 Å². The second kappa shape index (κ2) is 7.25. The van der Waals surface area contributed by atoms with Gasteiger partial charge in [-0.15, -0.1) is 4.91 Å². The highest BCUT2D eigenvalue weighted by molar-refractivity contribution is 5.71. The molecule has 0 bridgehead atoms. The third-order valence-electron chi connectivity index (χ3n) is 3.17. The van der Waals surface area contributed by atoms with Crippen LogP contribution in [-0.4, -0.2) is 30.7 Å². The van der Waals surface area contributed by atoms with E-state index in [1.807, 2.05) is 18.2 Å². The molecule has 5 N–H and O–H groups in total. The summed E-state index contributed by atoms with van der Waals surface area (Å²) in [5.41, 5.74) is 12.1. The van der Waals surface area contributed by atoms with Crippen LogP contribution < -0.4 is 26.3 Å². The van der Waals surface area contributed by atoms with E-state index in [1.54, 1.807) is 14.2 Å². The molecular weight excluding hydrogens is 300 g/mol. The standard InChI is InChI=1S/C14H18N6O3/c1-22-9-4-3-8(7-10(9)23-2)5-6-17-14-18-12(15)11(20-21)13(16)19-14/h3-4,7H,5-6H2,1-2H3,(H5,15,16,17,18,19). The van der Waals surface area contributed by atoms with E-state index in [0.29, 0.717) is 24.5 Å². The smallest absolute Gasteiger partial charge is 0.226 e. The predicted molar refractivity (Wildman–Crippen MR) is 88.1 cm³/mol. The van der Waals surface area contributed by atoms with Gasteiger partial charge >= 0.3 is 0 Å². The number of aromatic nitrogens is 2. The summed E-state index contributed by atoms with van der Waals surface area (Å²) in [6.45, 7) is 0.544. The Labute approximate surface area is 133 Å². The van der Waals surface area contributed by atoms with Crippen LogP contribution in [-0.2, 0) is 6.42 Å². The molecule has 0 saturated carbocycles. The Hall–Kier alpha value is -3.10. The maximum Gasteiger partial charge on any atom is 0.226 e. The largest absolute Gasteiger partial charge is 0.493 e. The van der Waals surface area contributed by atoms with Crippen LogP contribution in [0.4, 0.5) is 23.3 Å². The van der Waals surface area contributed by atoms with Crippen LogP contribution in [0.25, 0.3) is 0 Å². The van der Waals surface area contributed by atoms with Crippen LogP contribution in [0.1, 0.15) is 5.56 Å². The molecule has 0 spiro atoms. The van der Waals surface area contributed by atoms with E-state index in [1.165, 1.54) is 0 Å². The van der Waals surface area contributed by atoms with Crippen LogP contribution in [0.3, 0.4) is 0 Å². The molecule has 2 rings (SSSR count). The summed E-state index contributed by atoms with van der Waals surface area (Å²) in [5, 5.41) is 5.69. The topological polar surface area (TPSA) is 138 Å². The number of hydrogen-bond acceptors (Lipinski definition) is 9. The minimum Gasteiger partial charge on any atom is -0.493 e. The first kappa shape index (κ1) is 16.3. The molecule has 0 aliphatic rings. The Morgan fingerprint density at radius 3 is 2.35 bits per heavy atom. The SMILES string of the molecule is COc1ccc(CCNc2nc(N)c(N=O)c(N)n2)cc1OC. The molecule has 122 valence electrons. The van der Waals surface area contributed by atoms with E-state index in [9.17, 15) is 4.91 Å². The van der Waals surface area contributed by atoms with Gasteiger partial charge in [-0.1, -0.05) is 6.07 Å². The van der Waals surface area contributed by atoms with E-state index in [4.69, 9.17) is 20.9 Å². The number of hydrogen-bond donors (Lipinski definition) is 3. The highest BCUT2D eigenvalue weighted by atomic mass is 16.5. The Balaban J connectivity index is 2.01. The van der Waals surface area contributed by atoms with Crippen molar-refractivity contribution in [2.75, 3.05) is 37.5 Å². The summed E-state index contributed by atoms with van der Waals surface area (Å²) < 4.78 is 10.4. The molecule has 0 radical (unpaired) electrons. The predicted octanol–water partition coefficient (Wildman–Crippen LogP) is 1.71. The molecule has 0 saturated heterocycles. The summed E-state index contributed by atoms with van der Waals surface area (Å²) in [7, 11) is 3.17. The maximum absolute atomic E-state index is 10.5. The van der Waals surface area contributed by atoms with Crippen LogP contribution in [0.15, 0.2) is 23.4 Å². The zero-order valence-electron chi connectivity index (χ0n) is 12.9. The first-order valence-electron chi connectivity index (χ1n) is 6.80.